The van der Waals surface area contributed by atoms with E-state index >= 15 is 0 Å². The summed E-state index contributed by atoms with van der Waals surface area (Å²) in [5.74, 6) is 1.48. The average molecular weight is 535 g/mol. The van der Waals surface area contributed by atoms with Crippen LogP contribution in [0.5, 0.6) is 0 Å². The molecule has 1 unspecified atom stereocenters. The molecule has 1 saturated carbocycles. The van der Waals surface area contributed by atoms with Crippen molar-refractivity contribution in [3.63, 3.8) is 0 Å². The number of thioether (sulfide) groups is 1. The molecule has 3 aromatic rings. The Morgan fingerprint density at radius 3 is 2.22 bits per heavy atom. The van der Waals surface area contributed by atoms with Gasteiger partial charge in [-0.25, -0.2) is 0 Å². The molecule has 0 saturated heterocycles. The highest BCUT2D eigenvalue weighted by Gasteiger charge is 2.32. The van der Waals surface area contributed by atoms with E-state index in [1.54, 1.807) is 16.7 Å². The maximum atomic E-state index is 13.7. The molecular formula is C31H35ClN2O2S. The van der Waals surface area contributed by atoms with Gasteiger partial charge < -0.3 is 10.2 Å². The number of halogens is 1. The van der Waals surface area contributed by atoms with Crippen molar-refractivity contribution in [1.29, 1.82) is 0 Å². The molecule has 0 aliphatic heterocycles. The van der Waals surface area contributed by atoms with Crippen molar-refractivity contribution in [1.82, 2.24) is 10.2 Å². The van der Waals surface area contributed by atoms with Gasteiger partial charge in [0.1, 0.15) is 6.04 Å². The van der Waals surface area contributed by atoms with Gasteiger partial charge in [-0.1, -0.05) is 97.2 Å². The second-order valence-corrected chi connectivity index (χ2v) is 11.2. The number of rotatable bonds is 12. The van der Waals surface area contributed by atoms with Crippen molar-refractivity contribution < 1.29 is 9.59 Å². The van der Waals surface area contributed by atoms with Crippen molar-refractivity contribution in [2.75, 3.05) is 5.75 Å². The quantitative estimate of drug-likeness (QED) is 0.264. The standard InChI is InChI=1S/C31H35ClN2O2S/c32-27-15-9-14-26(20-27)22-34(30(35)18-19-37-23-25-12-5-2-6-13-25)29(21-24-10-3-1-4-11-24)31(36)33-28-16-7-8-17-28/h1-6,9-15,20,28-29H,7-8,16-19,21-23H2,(H,33,36). The molecular weight excluding hydrogens is 500 g/mol. The molecule has 4 nitrogen and oxygen atoms in total. The predicted molar refractivity (Wildman–Crippen MR) is 154 cm³/mol. The van der Waals surface area contributed by atoms with Crippen LogP contribution >= 0.6 is 23.4 Å². The second-order valence-electron chi connectivity index (χ2n) is 9.64. The van der Waals surface area contributed by atoms with Crippen LogP contribution in [0.2, 0.25) is 5.02 Å². The zero-order chi connectivity index (χ0) is 25.9. The fourth-order valence-electron chi connectivity index (χ4n) is 4.82. The first-order chi connectivity index (χ1) is 18.1. The van der Waals surface area contributed by atoms with Gasteiger partial charge in [0.25, 0.3) is 0 Å². The Labute approximate surface area is 229 Å². The normalized spacial score (nSPS) is 14.3. The third kappa shape index (κ3) is 8.65. The molecule has 0 aromatic heterocycles. The molecule has 1 aliphatic carbocycles. The summed E-state index contributed by atoms with van der Waals surface area (Å²) in [5.41, 5.74) is 3.20. The molecule has 1 N–H and O–H groups in total. The first-order valence-electron chi connectivity index (χ1n) is 13.1. The Balaban J connectivity index is 1.52. The highest BCUT2D eigenvalue weighted by atomic mass is 35.5. The summed E-state index contributed by atoms with van der Waals surface area (Å²) in [6.45, 7) is 0.346. The van der Waals surface area contributed by atoms with Crippen LogP contribution in [0.25, 0.3) is 0 Å². The van der Waals surface area contributed by atoms with E-state index in [0.29, 0.717) is 30.2 Å². The number of carbonyl (C=O) groups excluding carboxylic acids is 2. The molecule has 37 heavy (non-hydrogen) atoms. The lowest BCUT2D eigenvalue weighted by Crippen LogP contribution is -2.52. The van der Waals surface area contributed by atoms with Crippen LogP contribution < -0.4 is 5.32 Å². The van der Waals surface area contributed by atoms with E-state index in [1.807, 2.05) is 72.8 Å². The molecule has 4 rings (SSSR count). The lowest BCUT2D eigenvalue weighted by molar-refractivity contribution is -0.141. The maximum absolute atomic E-state index is 13.7. The number of hydrogen-bond acceptors (Lipinski definition) is 3. The third-order valence-electron chi connectivity index (χ3n) is 6.79. The summed E-state index contributed by atoms with van der Waals surface area (Å²) in [4.78, 5) is 29.2. The van der Waals surface area contributed by atoms with Crippen LogP contribution in [0, 0.1) is 0 Å². The highest BCUT2D eigenvalue weighted by molar-refractivity contribution is 7.98. The van der Waals surface area contributed by atoms with Crippen LogP contribution in [0.1, 0.15) is 48.8 Å². The van der Waals surface area contributed by atoms with Crippen LogP contribution in [0.4, 0.5) is 0 Å². The Bertz CT molecular complexity index is 1140. The monoisotopic (exact) mass is 534 g/mol. The largest absolute Gasteiger partial charge is 0.352 e. The molecule has 6 heteroatoms. The fourth-order valence-corrected chi connectivity index (χ4v) is 5.93. The van der Waals surface area contributed by atoms with Crippen LogP contribution in [-0.2, 0) is 28.3 Å². The lowest BCUT2D eigenvalue weighted by Gasteiger charge is -2.32. The maximum Gasteiger partial charge on any atom is 0.243 e. The van der Waals surface area contributed by atoms with Gasteiger partial charge >= 0.3 is 0 Å². The summed E-state index contributed by atoms with van der Waals surface area (Å²) in [7, 11) is 0. The average Bonchev–Trinajstić information content (AvgIpc) is 3.43. The zero-order valence-electron chi connectivity index (χ0n) is 21.2. The van der Waals surface area contributed by atoms with Crippen LogP contribution in [0.15, 0.2) is 84.9 Å². The van der Waals surface area contributed by atoms with Crippen molar-refractivity contribution in [2.45, 2.75) is 62.9 Å². The van der Waals surface area contributed by atoms with Gasteiger partial charge in [0.05, 0.1) is 0 Å². The van der Waals surface area contributed by atoms with Gasteiger partial charge in [0.2, 0.25) is 11.8 Å². The summed E-state index contributed by atoms with van der Waals surface area (Å²) in [6.07, 6.45) is 5.13. The Hall–Kier alpha value is -2.76. The Morgan fingerprint density at radius 2 is 1.54 bits per heavy atom. The zero-order valence-corrected chi connectivity index (χ0v) is 22.7. The van der Waals surface area contributed by atoms with Gasteiger partial charge in [0.15, 0.2) is 0 Å². The topological polar surface area (TPSA) is 49.4 Å². The summed E-state index contributed by atoms with van der Waals surface area (Å²) < 4.78 is 0. The third-order valence-corrected chi connectivity index (χ3v) is 8.05. The predicted octanol–water partition coefficient (Wildman–Crippen LogP) is 6.66. The van der Waals surface area contributed by atoms with Crippen LogP contribution in [0.3, 0.4) is 0 Å². The summed E-state index contributed by atoms with van der Waals surface area (Å²) >= 11 is 8.01. The molecule has 0 bridgehead atoms. The van der Waals surface area contributed by atoms with E-state index in [0.717, 1.165) is 42.6 Å². The number of nitrogens with zero attached hydrogens (tertiary/aromatic N) is 1. The van der Waals surface area contributed by atoms with Crippen LogP contribution in [-0.4, -0.2) is 34.6 Å². The minimum atomic E-state index is -0.589. The smallest absolute Gasteiger partial charge is 0.243 e. The molecule has 0 spiro atoms. The number of carbonyl (C=O) groups is 2. The van der Waals surface area contributed by atoms with Gasteiger partial charge in [-0.3, -0.25) is 9.59 Å². The molecule has 2 amide bonds. The molecule has 0 radical (unpaired) electrons. The molecule has 1 aliphatic rings. The van der Waals surface area contributed by atoms with Gasteiger partial charge in [-0.15, -0.1) is 0 Å². The highest BCUT2D eigenvalue weighted by Crippen LogP contribution is 2.22. The van der Waals surface area contributed by atoms with E-state index in [2.05, 4.69) is 17.4 Å². The van der Waals surface area contributed by atoms with Gasteiger partial charge in [0, 0.05) is 42.0 Å². The lowest BCUT2D eigenvalue weighted by atomic mass is 10.0. The van der Waals surface area contributed by atoms with E-state index in [-0.39, 0.29) is 17.9 Å². The second kappa shape index (κ2) is 14.3. The van der Waals surface area contributed by atoms with E-state index in [9.17, 15) is 9.59 Å². The molecule has 3 aromatic carbocycles. The van der Waals surface area contributed by atoms with E-state index < -0.39 is 6.04 Å². The molecule has 1 fully saturated rings. The minimum absolute atomic E-state index is 0.0111. The van der Waals surface area contributed by atoms with E-state index in [4.69, 9.17) is 11.6 Å². The molecule has 1 atom stereocenters. The Morgan fingerprint density at radius 1 is 0.892 bits per heavy atom. The Kier molecular flexibility index (Phi) is 10.5. The van der Waals surface area contributed by atoms with Crippen molar-refractivity contribution >= 4 is 35.2 Å². The molecule has 0 heterocycles. The first-order valence-corrected chi connectivity index (χ1v) is 14.6. The number of amides is 2. The van der Waals surface area contributed by atoms with Gasteiger partial charge in [-0.2, -0.15) is 11.8 Å². The first kappa shape index (κ1) is 27.3. The van der Waals surface area contributed by atoms with Crippen molar-refractivity contribution in [2.24, 2.45) is 0 Å². The number of hydrogen-bond donors (Lipinski definition) is 1. The van der Waals surface area contributed by atoms with E-state index in [1.165, 1.54) is 5.56 Å². The minimum Gasteiger partial charge on any atom is -0.352 e. The summed E-state index contributed by atoms with van der Waals surface area (Å²) in [5, 5.41) is 3.88. The molecule has 194 valence electrons. The van der Waals surface area contributed by atoms with Crippen molar-refractivity contribution in [3.05, 3.63) is 107 Å². The van der Waals surface area contributed by atoms with Gasteiger partial charge in [-0.05, 0) is 41.7 Å². The SMILES string of the molecule is O=C(NC1CCCC1)C(Cc1ccccc1)N(Cc1cccc(Cl)c1)C(=O)CCSCc1ccccc1. The summed E-state index contributed by atoms with van der Waals surface area (Å²) in [6, 6.07) is 27.4. The van der Waals surface area contributed by atoms with Crippen molar-refractivity contribution in [3.8, 4) is 0 Å². The number of nitrogens with one attached hydrogen (secondary N) is 1. The number of benzene rings is 3. The fraction of sp³-hybridized carbons (Fsp3) is 0.355.